The molecule has 118 valence electrons. The van der Waals surface area contributed by atoms with E-state index in [1.54, 1.807) is 24.3 Å². The summed E-state index contributed by atoms with van der Waals surface area (Å²) in [7, 11) is -3.44. The minimum atomic E-state index is -3.44. The van der Waals surface area contributed by atoms with Crippen LogP contribution >= 0.6 is 0 Å². The van der Waals surface area contributed by atoms with E-state index in [1.165, 1.54) is 4.31 Å². The molecule has 21 heavy (non-hydrogen) atoms. The second-order valence-electron chi connectivity index (χ2n) is 5.05. The largest absolute Gasteiger partial charge is 0.394 e. The minimum Gasteiger partial charge on any atom is -0.394 e. The van der Waals surface area contributed by atoms with Gasteiger partial charge in [0.2, 0.25) is 10.0 Å². The van der Waals surface area contributed by atoms with Crippen molar-refractivity contribution in [2.45, 2.75) is 30.4 Å². The van der Waals surface area contributed by atoms with Crippen molar-refractivity contribution < 1.29 is 18.3 Å². The molecule has 0 radical (unpaired) electrons. The summed E-state index contributed by atoms with van der Waals surface area (Å²) < 4.78 is 32.0. The first-order chi connectivity index (χ1) is 10.1. The Labute approximate surface area is 125 Å². The highest BCUT2D eigenvalue weighted by Crippen LogP contribution is 2.22. The van der Waals surface area contributed by atoms with Crippen LogP contribution in [0.5, 0.6) is 0 Å². The molecule has 0 saturated carbocycles. The number of aliphatic hydroxyl groups excluding tert-OH is 1. The standard InChI is InChI=1S/C14H22N2O4S/c15-11-12-1-3-14(4-2-12)21(18,19)16-7-5-13(6-8-16)20-10-9-17/h1-4,13,17H,5-11,15H2. The number of hydrogen-bond acceptors (Lipinski definition) is 5. The molecule has 0 amide bonds. The third-order valence-corrected chi connectivity index (χ3v) is 5.56. The predicted molar refractivity (Wildman–Crippen MR) is 79.2 cm³/mol. The second kappa shape index (κ2) is 7.33. The summed E-state index contributed by atoms with van der Waals surface area (Å²) in [5, 5.41) is 8.73. The summed E-state index contributed by atoms with van der Waals surface area (Å²) in [4.78, 5) is 0.300. The summed E-state index contributed by atoms with van der Waals surface area (Å²) in [5.41, 5.74) is 6.42. The molecule has 0 atom stereocenters. The minimum absolute atomic E-state index is 0.00793. The lowest BCUT2D eigenvalue weighted by Crippen LogP contribution is -2.41. The Morgan fingerprint density at radius 1 is 1.24 bits per heavy atom. The first-order valence-corrected chi connectivity index (χ1v) is 8.53. The highest BCUT2D eigenvalue weighted by atomic mass is 32.2. The predicted octanol–water partition coefficient (Wildman–Crippen LogP) is 0.307. The molecule has 1 aromatic carbocycles. The van der Waals surface area contributed by atoms with E-state index in [4.69, 9.17) is 15.6 Å². The van der Waals surface area contributed by atoms with Crippen molar-refractivity contribution in [2.75, 3.05) is 26.3 Å². The van der Waals surface area contributed by atoms with Gasteiger partial charge in [0.1, 0.15) is 0 Å². The second-order valence-corrected chi connectivity index (χ2v) is 6.98. The van der Waals surface area contributed by atoms with E-state index in [-0.39, 0.29) is 12.7 Å². The number of aliphatic hydroxyl groups is 1. The first-order valence-electron chi connectivity index (χ1n) is 7.09. The van der Waals surface area contributed by atoms with Crippen LogP contribution in [0.15, 0.2) is 29.2 Å². The fraction of sp³-hybridized carbons (Fsp3) is 0.571. The van der Waals surface area contributed by atoms with E-state index in [1.807, 2.05) is 0 Å². The van der Waals surface area contributed by atoms with Crippen LogP contribution in [-0.2, 0) is 21.3 Å². The van der Waals surface area contributed by atoms with E-state index in [0.717, 1.165) is 5.56 Å². The van der Waals surface area contributed by atoms with Crippen LogP contribution in [0.25, 0.3) is 0 Å². The smallest absolute Gasteiger partial charge is 0.243 e. The summed E-state index contributed by atoms with van der Waals surface area (Å²) >= 11 is 0. The van der Waals surface area contributed by atoms with E-state index in [0.29, 0.717) is 44.0 Å². The maximum absolute atomic E-state index is 12.5. The van der Waals surface area contributed by atoms with Crippen LogP contribution in [0, 0.1) is 0 Å². The molecule has 1 aliphatic rings. The van der Waals surface area contributed by atoms with Crippen LogP contribution < -0.4 is 5.73 Å². The normalized spacial score (nSPS) is 18.0. The number of rotatable bonds is 6. The Bertz CT molecular complexity index is 537. The monoisotopic (exact) mass is 314 g/mol. The quantitative estimate of drug-likeness (QED) is 0.788. The fourth-order valence-electron chi connectivity index (χ4n) is 2.41. The molecule has 1 aliphatic heterocycles. The van der Waals surface area contributed by atoms with Crippen molar-refractivity contribution >= 4 is 10.0 Å². The Kier molecular flexibility index (Phi) is 5.72. The van der Waals surface area contributed by atoms with Gasteiger partial charge in [0.15, 0.2) is 0 Å². The van der Waals surface area contributed by atoms with Crippen molar-refractivity contribution in [1.29, 1.82) is 0 Å². The lowest BCUT2D eigenvalue weighted by Gasteiger charge is -2.31. The van der Waals surface area contributed by atoms with Gasteiger partial charge in [0, 0.05) is 19.6 Å². The van der Waals surface area contributed by atoms with E-state index >= 15 is 0 Å². The third kappa shape index (κ3) is 4.02. The average molecular weight is 314 g/mol. The number of piperidine rings is 1. The number of sulfonamides is 1. The van der Waals surface area contributed by atoms with Crippen molar-refractivity contribution in [3.05, 3.63) is 29.8 Å². The molecule has 1 saturated heterocycles. The molecule has 1 heterocycles. The lowest BCUT2D eigenvalue weighted by molar-refractivity contribution is 0.00318. The topological polar surface area (TPSA) is 92.9 Å². The van der Waals surface area contributed by atoms with Gasteiger partial charge in [-0.2, -0.15) is 4.31 Å². The van der Waals surface area contributed by atoms with Crippen molar-refractivity contribution in [2.24, 2.45) is 5.73 Å². The number of hydrogen-bond donors (Lipinski definition) is 2. The van der Waals surface area contributed by atoms with Crippen LogP contribution in [0.3, 0.4) is 0 Å². The molecule has 2 rings (SSSR count). The Balaban J connectivity index is 2.00. The molecule has 0 aliphatic carbocycles. The van der Waals surface area contributed by atoms with Gasteiger partial charge >= 0.3 is 0 Å². The average Bonchev–Trinajstić information content (AvgIpc) is 2.53. The molecular weight excluding hydrogens is 292 g/mol. The highest BCUT2D eigenvalue weighted by molar-refractivity contribution is 7.89. The molecular formula is C14H22N2O4S. The lowest BCUT2D eigenvalue weighted by atomic mass is 10.1. The Hall–Kier alpha value is -0.990. The zero-order valence-corrected chi connectivity index (χ0v) is 12.8. The molecule has 6 nitrogen and oxygen atoms in total. The van der Waals surface area contributed by atoms with Crippen LogP contribution in [0.1, 0.15) is 18.4 Å². The van der Waals surface area contributed by atoms with Gasteiger partial charge in [-0.05, 0) is 30.5 Å². The summed E-state index contributed by atoms with van der Waals surface area (Å²) in [6.07, 6.45) is 1.34. The van der Waals surface area contributed by atoms with E-state index in [2.05, 4.69) is 0 Å². The van der Waals surface area contributed by atoms with Gasteiger partial charge in [0.25, 0.3) is 0 Å². The Morgan fingerprint density at radius 2 is 1.86 bits per heavy atom. The maximum atomic E-state index is 12.5. The number of ether oxygens (including phenoxy) is 1. The molecule has 0 spiro atoms. The molecule has 7 heteroatoms. The summed E-state index contributed by atoms with van der Waals surface area (Å²) in [6, 6.07) is 6.69. The number of nitrogens with zero attached hydrogens (tertiary/aromatic N) is 1. The van der Waals surface area contributed by atoms with Crippen molar-refractivity contribution in [1.82, 2.24) is 4.31 Å². The van der Waals surface area contributed by atoms with Crippen LogP contribution in [0.2, 0.25) is 0 Å². The summed E-state index contributed by atoms with van der Waals surface area (Å²) in [5.74, 6) is 0. The molecule has 3 N–H and O–H groups in total. The van der Waals surface area contributed by atoms with Gasteiger partial charge in [-0.25, -0.2) is 8.42 Å². The molecule has 0 unspecified atom stereocenters. The number of nitrogens with two attached hydrogens (primary N) is 1. The van der Waals surface area contributed by atoms with Gasteiger partial charge in [-0.15, -0.1) is 0 Å². The van der Waals surface area contributed by atoms with Crippen molar-refractivity contribution in [3.63, 3.8) is 0 Å². The van der Waals surface area contributed by atoms with E-state index < -0.39 is 10.0 Å². The molecule has 0 bridgehead atoms. The first kappa shape index (κ1) is 16.4. The number of benzene rings is 1. The van der Waals surface area contributed by atoms with Gasteiger partial charge in [-0.1, -0.05) is 12.1 Å². The summed E-state index contributed by atoms with van der Waals surface area (Å²) in [6.45, 7) is 1.58. The fourth-order valence-corrected chi connectivity index (χ4v) is 3.87. The van der Waals surface area contributed by atoms with Gasteiger partial charge in [-0.3, -0.25) is 0 Å². The molecule has 0 aromatic heterocycles. The van der Waals surface area contributed by atoms with Crippen LogP contribution in [-0.4, -0.2) is 50.2 Å². The zero-order valence-electron chi connectivity index (χ0n) is 11.9. The molecule has 1 aromatic rings. The van der Waals surface area contributed by atoms with Crippen molar-refractivity contribution in [3.8, 4) is 0 Å². The zero-order chi connectivity index (χ0) is 15.3. The third-order valence-electron chi connectivity index (χ3n) is 3.64. The van der Waals surface area contributed by atoms with Crippen LogP contribution in [0.4, 0.5) is 0 Å². The SMILES string of the molecule is NCc1ccc(S(=O)(=O)N2CCC(OCCO)CC2)cc1. The maximum Gasteiger partial charge on any atom is 0.243 e. The Morgan fingerprint density at radius 3 is 2.38 bits per heavy atom. The molecule has 1 fully saturated rings. The van der Waals surface area contributed by atoms with Gasteiger partial charge < -0.3 is 15.6 Å². The highest BCUT2D eigenvalue weighted by Gasteiger charge is 2.29. The van der Waals surface area contributed by atoms with Gasteiger partial charge in [0.05, 0.1) is 24.2 Å². The van der Waals surface area contributed by atoms with E-state index in [9.17, 15) is 8.42 Å².